The zero-order chi connectivity index (χ0) is 13.7. The van der Waals surface area contributed by atoms with Crippen molar-refractivity contribution in [1.29, 1.82) is 0 Å². The maximum atomic E-state index is 14.1. The molecule has 1 heterocycles. The van der Waals surface area contributed by atoms with Crippen LogP contribution in [0.15, 0.2) is 12.1 Å². The predicted molar refractivity (Wildman–Crippen MR) is 73.0 cm³/mol. The van der Waals surface area contributed by atoms with Gasteiger partial charge in [-0.15, -0.1) is 0 Å². The van der Waals surface area contributed by atoms with E-state index in [0.717, 1.165) is 30.5 Å². The summed E-state index contributed by atoms with van der Waals surface area (Å²) < 4.78 is 24.4. The summed E-state index contributed by atoms with van der Waals surface area (Å²) in [4.78, 5) is 0. The Balaban J connectivity index is 2.16. The molecular formula is C15H22FNO2. The molecule has 1 aromatic carbocycles. The van der Waals surface area contributed by atoms with E-state index in [0.29, 0.717) is 18.4 Å². The van der Waals surface area contributed by atoms with Gasteiger partial charge in [-0.25, -0.2) is 4.39 Å². The topological polar surface area (TPSA) is 30.5 Å². The molecule has 1 aromatic rings. The van der Waals surface area contributed by atoms with Crippen LogP contribution in [0.1, 0.15) is 30.4 Å². The summed E-state index contributed by atoms with van der Waals surface area (Å²) in [5.41, 5.74) is 1.64. The van der Waals surface area contributed by atoms with Crippen molar-refractivity contribution in [3.05, 3.63) is 29.1 Å². The molecule has 0 aliphatic carbocycles. The van der Waals surface area contributed by atoms with Crippen LogP contribution in [0.2, 0.25) is 0 Å². The zero-order valence-corrected chi connectivity index (χ0v) is 11.7. The maximum absolute atomic E-state index is 14.1. The largest absolute Gasteiger partial charge is 0.496 e. The average molecular weight is 267 g/mol. The van der Waals surface area contributed by atoms with Crippen molar-refractivity contribution >= 4 is 0 Å². The lowest BCUT2D eigenvalue weighted by Crippen LogP contribution is -2.35. The van der Waals surface area contributed by atoms with Gasteiger partial charge < -0.3 is 14.8 Å². The van der Waals surface area contributed by atoms with E-state index in [2.05, 4.69) is 5.32 Å². The molecule has 3 nitrogen and oxygen atoms in total. The van der Waals surface area contributed by atoms with Gasteiger partial charge in [0.2, 0.25) is 0 Å². The van der Waals surface area contributed by atoms with E-state index in [1.54, 1.807) is 14.2 Å². The third-order valence-electron chi connectivity index (χ3n) is 3.63. The third kappa shape index (κ3) is 3.67. The first-order valence-corrected chi connectivity index (χ1v) is 6.82. The molecule has 1 unspecified atom stereocenters. The molecule has 0 bridgehead atoms. The van der Waals surface area contributed by atoms with Crippen LogP contribution in [0.5, 0.6) is 5.75 Å². The van der Waals surface area contributed by atoms with Gasteiger partial charge in [-0.3, -0.25) is 0 Å². The normalized spacial score (nSPS) is 19.4. The molecule has 1 saturated heterocycles. The molecule has 1 aliphatic rings. The van der Waals surface area contributed by atoms with Crippen LogP contribution in [-0.4, -0.2) is 26.8 Å². The lowest BCUT2D eigenvalue weighted by Gasteiger charge is -2.24. The summed E-state index contributed by atoms with van der Waals surface area (Å²) in [6.07, 6.45) is 4.29. The minimum absolute atomic E-state index is 0.191. The highest BCUT2D eigenvalue weighted by Gasteiger charge is 2.17. The molecule has 1 fully saturated rings. The van der Waals surface area contributed by atoms with Gasteiger partial charge in [-0.05, 0) is 37.4 Å². The Bertz CT molecular complexity index is 417. The fourth-order valence-electron chi connectivity index (χ4n) is 2.63. The molecule has 0 radical (unpaired) electrons. The van der Waals surface area contributed by atoms with Gasteiger partial charge in [0.15, 0.2) is 0 Å². The molecule has 0 amide bonds. The van der Waals surface area contributed by atoms with E-state index in [-0.39, 0.29) is 5.82 Å². The van der Waals surface area contributed by atoms with E-state index < -0.39 is 0 Å². The molecule has 1 N–H and O–H groups in total. The van der Waals surface area contributed by atoms with Gasteiger partial charge in [0.05, 0.1) is 13.7 Å². The monoisotopic (exact) mass is 267 g/mol. The second-order valence-electron chi connectivity index (χ2n) is 5.04. The number of ether oxygens (including phenoxy) is 2. The van der Waals surface area contributed by atoms with Crippen molar-refractivity contribution in [2.75, 3.05) is 20.8 Å². The molecule has 0 aromatic heterocycles. The minimum atomic E-state index is -0.191. The first-order valence-electron chi connectivity index (χ1n) is 6.82. The number of hydrogen-bond donors (Lipinski definition) is 1. The van der Waals surface area contributed by atoms with E-state index in [1.807, 2.05) is 6.07 Å². The predicted octanol–water partition coefficient (Wildman–Crippen LogP) is 2.67. The second kappa shape index (κ2) is 6.87. The van der Waals surface area contributed by atoms with Gasteiger partial charge in [0.25, 0.3) is 0 Å². The Morgan fingerprint density at radius 2 is 2.11 bits per heavy atom. The van der Waals surface area contributed by atoms with Crippen LogP contribution >= 0.6 is 0 Å². The molecule has 0 saturated carbocycles. The second-order valence-corrected chi connectivity index (χ2v) is 5.04. The first kappa shape index (κ1) is 14.3. The number of benzene rings is 1. The minimum Gasteiger partial charge on any atom is -0.496 e. The molecule has 1 atom stereocenters. The highest BCUT2D eigenvalue weighted by Crippen LogP contribution is 2.25. The van der Waals surface area contributed by atoms with E-state index in [1.165, 1.54) is 18.9 Å². The van der Waals surface area contributed by atoms with Crippen LogP contribution in [0.3, 0.4) is 0 Å². The number of rotatable bonds is 5. The van der Waals surface area contributed by atoms with Crippen molar-refractivity contribution in [2.24, 2.45) is 0 Å². The molecule has 19 heavy (non-hydrogen) atoms. The van der Waals surface area contributed by atoms with E-state index in [9.17, 15) is 4.39 Å². The molecule has 0 spiro atoms. The van der Waals surface area contributed by atoms with Crippen molar-refractivity contribution in [3.8, 4) is 5.75 Å². The summed E-state index contributed by atoms with van der Waals surface area (Å²) in [6, 6.07) is 3.72. The zero-order valence-electron chi connectivity index (χ0n) is 11.7. The number of piperidine rings is 1. The highest BCUT2D eigenvalue weighted by molar-refractivity contribution is 5.38. The van der Waals surface area contributed by atoms with Gasteiger partial charge in [0.1, 0.15) is 11.6 Å². The van der Waals surface area contributed by atoms with Gasteiger partial charge >= 0.3 is 0 Å². The van der Waals surface area contributed by atoms with Crippen molar-refractivity contribution < 1.29 is 13.9 Å². The fourth-order valence-corrected chi connectivity index (χ4v) is 2.63. The van der Waals surface area contributed by atoms with Crippen LogP contribution in [0.25, 0.3) is 0 Å². The molecule has 1 aliphatic heterocycles. The first-order chi connectivity index (χ1) is 9.24. The Morgan fingerprint density at radius 1 is 1.26 bits per heavy atom. The fraction of sp³-hybridized carbons (Fsp3) is 0.600. The molecule has 2 rings (SSSR count). The van der Waals surface area contributed by atoms with Crippen molar-refractivity contribution in [2.45, 2.75) is 38.3 Å². The van der Waals surface area contributed by atoms with Crippen LogP contribution in [0, 0.1) is 5.82 Å². The van der Waals surface area contributed by atoms with Gasteiger partial charge in [0, 0.05) is 24.8 Å². The van der Waals surface area contributed by atoms with Crippen LogP contribution < -0.4 is 10.1 Å². The Hall–Kier alpha value is -1.13. The lowest BCUT2D eigenvalue weighted by molar-refractivity contribution is 0.181. The summed E-state index contributed by atoms with van der Waals surface area (Å²) in [5.74, 6) is 0.365. The van der Waals surface area contributed by atoms with Crippen LogP contribution in [-0.2, 0) is 17.8 Å². The summed E-state index contributed by atoms with van der Waals surface area (Å²) in [5, 5.41) is 3.45. The molecule has 4 heteroatoms. The maximum Gasteiger partial charge on any atom is 0.130 e. The molecule has 106 valence electrons. The number of nitrogens with one attached hydrogen (secondary N) is 1. The van der Waals surface area contributed by atoms with Crippen LogP contribution in [0.4, 0.5) is 4.39 Å². The Morgan fingerprint density at radius 3 is 2.74 bits per heavy atom. The van der Waals surface area contributed by atoms with Gasteiger partial charge in [-0.1, -0.05) is 6.42 Å². The van der Waals surface area contributed by atoms with E-state index >= 15 is 0 Å². The van der Waals surface area contributed by atoms with Crippen molar-refractivity contribution in [1.82, 2.24) is 5.32 Å². The lowest BCUT2D eigenvalue weighted by atomic mass is 9.96. The number of halogens is 1. The third-order valence-corrected chi connectivity index (χ3v) is 3.63. The van der Waals surface area contributed by atoms with E-state index in [4.69, 9.17) is 9.47 Å². The quantitative estimate of drug-likeness (QED) is 0.889. The number of hydrogen-bond acceptors (Lipinski definition) is 3. The SMILES string of the molecule is COCc1cc(CC2CCCCN2)c(F)cc1OC. The Kier molecular flexibility index (Phi) is 5.16. The standard InChI is InChI=1S/C15H22FNO2/c1-18-10-12-7-11(14(16)9-15(12)19-2)8-13-5-3-4-6-17-13/h7,9,13,17H,3-6,8,10H2,1-2H3. The smallest absolute Gasteiger partial charge is 0.130 e. The summed E-state index contributed by atoms with van der Waals surface area (Å²) in [6.45, 7) is 1.47. The Labute approximate surface area is 114 Å². The van der Waals surface area contributed by atoms with Gasteiger partial charge in [-0.2, -0.15) is 0 Å². The number of methoxy groups -OCH3 is 2. The average Bonchev–Trinajstić information content (AvgIpc) is 2.43. The summed E-state index contributed by atoms with van der Waals surface area (Å²) >= 11 is 0. The van der Waals surface area contributed by atoms with Crippen molar-refractivity contribution in [3.63, 3.8) is 0 Å². The summed E-state index contributed by atoms with van der Waals surface area (Å²) in [7, 11) is 3.18. The highest BCUT2D eigenvalue weighted by atomic mass is 19.1. The molecular weight excluding hydrogens is 245 g/mol.